The monoisotopic (exact) mass is 567 g/mol. The topological polar surface area (TPSA) is 112 Å². The molecule has 1 aromatic carbocycles. The highest BCUT2D eigenvalue weighted by molar-refractivity contribution is 5.86. The number of carbonyl (C=O) groups is 1. The van der Waals surface area contributed by atoms with E-state index < -0.39 is 5.54 Å². The molecule has 3 aromatic rings. The second-order valence-electron chi connectivity index (χ2n) is 9.18. The molecule has 1 fully saturated rings. The number of primary amides is 1. The zero-order valence-corrected chi connectivity index (χ0v) is 22.7. The number of aromatic nitrogens is 2. The molecule has 0 radical (unpaired) electrons. The van der Waals surface area contributed by atoms with Crippen molar-refractivity contribution in [1.29, 1.82) is 0 Å². The lowest BCUT2D eigenvalue weighted by molar-refractivity contribution is -0.126. The first kappa shape index (κ1) is 29.6. The van der Waals surface area contributed by atoms with Crippen molar-refractivity contribution in [2.75, 3.05) is 40.0 Å². The number of methoxy groups -OCH3 is 1. The summed E-state index contributed by atoms with van der Waals surface area (Å²) in [5, 5.41) is 4.11. The standard InChI is InChI=1S/C26H30FN5O4.2ClH/c1-34-18-2-3-22-20(13-18)19(21(27)15-30-22)4-7-32-8-5-26(6-9-32,25(28)33)31-14-17-12-23-24(16-29-17)36-11-10-35-23;;/h2-3,12-13,15-16,31H,4-11,14H2,1H3,(H2,28,33);2*1H. The maximum Gasteiger partial charge on any atom is 0.237 e. The Morgan fingerprint density at radius 2 is 1.87 bits per heavy atom. The van der Waals surface area contributed by atoms with Crippen LogP contribution in [0.1, 0.15) is 24.1 Å². The third-order valence-corrected chi connectivity index (χ3v) is 7.09. The van der Waals surface area contributed by atoms with Crippen LogP contribution >= 0.6 is 24.8 Å². The molecule has 9 nitrogen and oxygen atoms in total. The van der Waals surface area contributed by atoms with Crippen molar-refractivity contribution in [2.45, 2.75) is 31.3 Å². The van der Waals surface area contributed by atoms with E-state index in [1.807, 2.05) is 24.3 Å². The highest BCUT2D eigenvalue weighted by atomic mass is 35.5. The van der Waals surface area contributed by atoms with Crippen LogP contribution in [0.2, 0.25) is 0 Å². The summed E-state index contributed by atoms with van der Waals surface area (Å²) in [4.78, 5) is 23.3. The van der Waals surface area contributed by atoms with Crippen molar-refractivity contribution in [3.63, 3.8) is 0 Å². The summed E-state index contributed by atoms with van der Waals surface area (Å²) in [5.74, 6) is 1.24. The van der Waals surface area contributed by atoms with Gasteiger partial charge in [-0.2, -0.15) is 0 Å². The Morgan fingerprint density at radius 1 is 1.13 bits per heavy atom. The fourth-order valence-corrected chi connectivity index (χ4v) is 4.87. The van der Waals surface area contributed by atoms with Gasteiger partial charge in [0.25, 0.3) is 0 Å². The molecule has 12 heteroatoms. The second kappa shape index (κ2) is 12.8. The average molecular weight is 568 g/mol. The molecule has 206 valence electrons. The van der Waals surface area contributed by atoms with Gasteiger partial charge in [0.15, 0.2) is 11.5 Å². The Bertz CT molecular complexity index is 1270. The molecule has 0 unspecified atom stereocenters. The number of hydrogen-bond acceptors (Lipinski definition) is 8. The summed E-state index contributed by atoms with van der Waals surface area (Å²) in [6, 6.07) is 7.30. The summed E-state index contributed by atoms with van der Waals surface area (Å²) >= 11 is 0. The van der Waals surface area contributed by atoms with Crippen molar-refractivity contribution in [3.05, 3.63) is 53.7 Å². The number of hydrogen-bond donors (Lipinski definition) is 2. The quantitative estimate of drug-likeness (QED) is 0.427. The minimum Gasteiger partial charge on any atom is -0.497 e. The Hall–Kier alpha value is -2.92. The van der Waals surface area contributed by atoms with E-state index in [0.717, 1.165) is 16.6 Å². The van der Waals surface area contributed by atoms with Gasteiger partial charge in [-0.3, -0.25) is 20.1 Å². The predicted octanol–water partition coefficient (Wildman–Crippen LogP) is 3.04. The van der Waals surface area contributed by atoms with E-state index in [4.69, 9.17) is 19.9 Å². The van der Waals surface area contributed by atoms with Crippen LogP contribution in [0.5, 0.6) is 17.2 Å². The molecule has 2 aliphatic heterocycles. The zero-order valence-electron chi connectivity index (χ0n) is 21.1. The smallest absolute Gasteiger partial charge is 0.237 e. The van der Waals surface area contributed by atoms with Crippen molar-refractivity contribution >= 4 is 41.6 Å². The van der Waals surface area contributed by atoms with E-state index in [1.54, 1.807) is 13.3 Å². The Morgan fingerprint density at radius 3 is 2.58 bits per heavy atom. The van der Waals surface area contributed by atoms with E-state index >= 15 is 0 Å². The molecule has 2 aliphatic rings. The summed E-state index contributed by atoms with van der Waals surface area (Å²) < 4.78 is 31.1. The molecule has 1 amide bonds. The van der Waals surface area contributed by atoms with Gasteiger partial charge in [0, 0.05) is 43.2 Å². The van der Waals surface area contributed by atoms with Gasteiger partial charge in [-0.25, -0.2) is 4.39 Å². The normalized spacial score (nSPS) is 16.3. The molecule has 0 spiro atoms. The van der Waals surface area contributed by atoms with E-state index in [-0.39, 0.29) is 36.5 Å². The molecule has 5 rings (SSSR count). The lowest BCUT2D eigenvalue weighted by atomic mass is 9.86. The third-order valence-electron chi connectivity index (χ3n) is 7.09. The highest BCUT2D eigenvalue weighted by Crippen LogP contribution is 2.30. The van der Waals surface area contributed by atoms with Crippen molar-refractivity contribution < 1.29 is 23.4 Å². The minimum atomic E-state index is -0.826. The number of fused-ring (bicyclic) bond motifs is 2. The van der Waals surface area contributed by atoms with Crippen LogP contribution in [0.3, 0.4) is 0 Å². The average Bonchev–Trinajstić information content (AvgIpc) is 2.91. The van der Waals surface area contributed by atoms with Crippen LogP contribution in [-0.2, 0) is 17.8 Å². The number of amides is 1. The lowest BCUT2D eigenvalue weighted by Crippen LogP contribution is -2.60. The molecule has 0 atom stereocenters. The number of ether oxygens (including phenoxy) is 3. The highest BCUT2D eigenvalue weighted by Gasteiger charge is 2.39. The maximum absolute atomic E-state index is 14.7. The Labute approximate surface area is 233 Å². The molecule has 38 heavy (non-hydrogen) atoms. The fraction of sp³-hybridized carbons (Fsp3) is 0.423. The number of nitrogens with one attached hydrogen (secondary N) is 1. The van der Waals surface area contributed by atoms with Gasteiger partial charge in [0.2, 0.25) is 5.91 Å². The lowest BCUT2D eigenvalue weighted by Gasteiger charge is -2.40. The number of nitrogens with two attached hydrogens (primary N) is 1. The molecule has 0 saturated carbocycles. The van der Waals surface area contributed by atoms with Gasteiger partial charge < -0.3 is 24.8 Å². The summed E-state index contributed by atoms with van der Waals surface area (Å²) in [6.07, 6.45) is 4.55. The van der Waals surface area contributed by atoms with Crippen LogP contribution in [0, 0.1) is 5.82 Å². The Balaban J connectivity index is 0.00000200. The van der Waals surface area contributed by atoms with Gasteiger partial charge in [-0.15, -0.1) is 24.8 Å². The first-order valence-corrected chi connectivity index (χ1v) is 12.1. The number of likely N-dealkylation sites (tertiary alicyclic amines) is 1. The number of nitrogens with zero attached hydrogens (tertiary/aromatic N) is 3. The summed E-state index contributed by atoms with van der Waals surface area (Å²) in [7, 11) is 1.59. The molecule has 3 N–H and O–H groups in total. The number of halogens is 3. The van der Waals surface area contributed by atoms with Gasteiger partial charge in [-0.1, -0.05) is 0 Å². The van der Waals surface area contributed by atoms with E-state index in [1.165, 1.54) is 6.20 Å². The predicted molar refractivity (Wildman–Crippen MR) is 146 cm³/mol. The van der Waals surface area contributed by atoms with Crippen LogP contribution in [0.4, 0.5) is 4.39 Å². The van der Waals surface area contributed by atoms with Gasteiger partial charge >= 0.3 is 0 Å². The number of benzene rings is 1. The first-order chi connectivity index (χ1) is 17.5. The van der Waals surface area contributed by atoms with Crippen molar-refractivity contribution in [3.8, 4) is 17.2 Å². The largest absolute Gasteiger partial charge is 0.497 e. The molecule has 0 bridgehead atoms. The number of rotatable bonds is 8. The van der Waals surface area contributed by atoms with Crippen LogP contribution in [-0.4, -0.2) is 66.3 Å². The molecular formula is C26H32Cl2FN5O4. The number of carbonyl (C=O) groups excluding carboxylic acids is 1. The van der Waals surface area contributed by atoms with E-state index in [2.05, 4.69) is 20.2 Å². The summed E-state index contributed by atoms with van der Waals surface area (Å²) in [6.45, 7) is 3.38. The molecule has 4 heterocycles. The summed E-state index contributed by atoms with van der Waals surface area (Å²) in [5.41, 5.74) is 7.12. The van der Waals surface area contributed by atoms with Crippen molar-refractivity contribution in [1.82, 2.24) is 20.2 Å². The van der Waals surface area contributed by atoms with Gasteiger partial charge in [0.05, 0.1) is 30.7 Å². The molecule has 1 saturated heterocycles. The number of pyridine rings is 2. The van der Waals surface area contributed by atoms with E-state index in [0.29, 0.717) is 81.5 Å². The van der Waals surface area contributed by atoms with Gasteiger partial charge in [0.1, 0.15) is 30.3 Å². The third kappa shape index (κ3) is 6.20. The molecule has 0 aliphatic carbocycles. The fourth-order valence-electron chi connectivity index (χ4n) is 4.87. The van der Waals surface area contributed by atoms with E-state index in [9.17, 15) is 9.18 Å². The second-order valence-corrected chi connectivity index (χ2v) is 9.18. The van der Waals surface area contributed by atoms with Crippen molar-refractivity contribution in [2.24, 2.45) is 5.73 Å². The maximum atomic E-state index is 14.7. The SMILES string of the molecule is COc1ccc2ncc(F)c(CCN3CCC(NCc4cc5c(cn4)OCCO5)(C(N)=O)CC3)c2c1.Cl.Cl. The van der Waals surface area contributed by atoms with Gasteiger partial charge in [-0.05, 0) is 37.5 Å². The Kier molecular flexibility index (Phi) is 9.94. The number of piperidine rings is 1. The van der Waals surface area contributed by atoms with Crippen LogP contribution in [0.15, 0.2) is 36.7 Å². The first-order valence-electron chi connectivity index (χ1n) is 12.1. The van der Waals surface area contributed by atoms with Crippen LogP contribution in [0.25, 0.3) is 10.9 Å². The minimum absolute atomic E-state index is 0. The van der Waals surface area contributed by atoms with Crippen LogP contribution < -0.4 is 25.3 Å². The zero-order chi connectivity index (χ0) is 25.1. The molecular weight excluding hydrogens is 536 g/mol. The molecule has 2 aromatic heterocycles.